The third kappa shape index (κ3) is 2.44. The lowest BCUT2D eigenvalue weighted by atomic mass is 10.1. The van der Waals surface area contributed by atoms with Crippen LogP contribution in [0.25, 0.3) is 0 Å². The first-order valence-electron chi connectivity index (χ1n) is 5.42. The number of hydrogen-bond donors (Lipinski definition) is 1. The van der Waals surface area contributed by atoms with Crippen molar-refractivity contribution in [2.75, 3.05) is 5.32 Å². The van der Waals surface area contributed by atoms with Crippen molar-refractivity contribution >= 4 is 17.3 Å². The van der Waals surface area contributed by atoms with Crippen LogP contribution >= 0.6 is 11.6 Å². The van der Waals surface area contributed by atoms with Gasteiger partial charge in [-0.05, 0) is 25.1 Å². The molecule has 0 radical (unpaired) electrons. The van der Waals surface area contributed by atoms with E-state index in [0.29, 0.717) is 16.3 Å². The molecule has 0 fully saturated rings. The van der Waals surface area contributed by atoms with E-state index in [4.69, 9.17) is 16.9 Å². The molecule has 0 saturated heterocycles. The predicted octanol–water partition coefficient (Wildman–Crippen LogP) is 2.51. The van der Waals surface area contributed by atoms with Gasteiger partial charge in [-0.3, -0.25) is 0 Å². The fourth-order valence-electron chi connectivity index (χ4n) is 1.72. The topological polar surface area (TPSA) is 66.5 Å². The molecule has 6 heteroatoms. The number of benzene rings is 1. The molecule has 1 N–H and O–H groups in total. The number of nitriles is 1. The van der Waals surface area contributed by atoms with Gasteiger partial charge in [-0.15, -0.1) is 10.2 Å². The largest absolute Gasteiger partial charge is 0.374 e. The molecule has 18 heavy (non-hydrogen) atoms. The smallest absolute Gasteiger partial charge is 0.154 e. The average Bonchev–Trinajstić information content (AvgIpc) is 2.76. The van der Waals surface area contributed by atoms with Crippen LogP contribution in [-0.4, -0.2) is 14.8 Å². The van der Waals surface area contributed by atoms with Gasteiger partial charge < -0.3 is 9.88 Å². The van der Waals surface area contributed by atoms with Gasteiger partial charge in [0, 0.05) is 12.1 Å². The molecule has 2 aromatic rings. The molecule has 1 aromatic carbocycles. The minimum Gasteiger partial charge on any atom is -0.374 e. The van der Waals surface area contributed by atoms with E-state index in [1.54, 1.807) is 24.5 Å². The van der Waals surface area contributed by atoms with E-state index in [2.05, 4.69) is 21.6 Å². The highest BCUT2D eigenvalue weighted by atomic mass is 35.5. The maximum absolute atomic E-state index is 9.04. The van der Waals surface area contributed by atoms with Crippen molar-refractivity contribution in [2.45, 2.75) is 13.0 Å². The van der Waals surface area contributed by atoms with E-state index >= 15 is 0 Å². The van der Waals surface area contributed by atoms with Crippen molar-refractivity contribution in [1.29, 1.82) is 5.26 Å². The third-order valence-corrected chi connectivity index (χ3v) is 2.84. The van der Waals surface area contributed by atoms with Gasteiger partial charge in [0.25, 0.3) is 0 Å². The van der Waals surface area contributed by atoms with Crippen LogP contribution in [0.5, 0.6) is 0 Å². The number of anilines is 1. The number of aromatic nitrogens is 3. The van der Waals surface area contributed by atoms with Gasteiger partial charge in [-0.2, -0.15) is 5.26 Å². The number of hydrogen-bond acceptors (Lipinski definition) is 4. The molecule has 0 amide bonds. The molecular formula is C12H12ClN5. The average molecular weight is 262 g/mol. The summed E-state index contributed by atoms with van der Waals surface area (Å²) in [4.78, 5) is 0. The van der Waals surface area contributed by atoms with Crippen molar-refractivity contribution in [3.63, 3.8) is 0 Å². The van der Waals surface area contributed by atoms with Crippen LogP contribution in [0.3, 0.4) is 0 Å². The molecule has 92 valence electrons. The van der Waals surface area contributed by atoms with Gasteiger partial charge in [-0.25, -0.2) is 0 Å². The second kappa shape index (κ2) is 5.07. The summed E-state index contributed by atoms with van der Waals surface area (Å²) in [6.07, 6.45) is 1.64. The van der Waals surface area contributed by atoms with Crippen molar-refractivity contribution < 1.29 is 0 Å². The zero-order valence-corrected chi connectivity index (χ0v) is 10.8. The minimum absolute atomic E-state index is 0.0666. The zero-order valence-electron chi connectivity index (χ0n) is 10.1. The van der Waals surface area contributed by atoms with Crippen LogP contribution in [0.15, 0.2) is 24.5 Å². The molecular weight excluding hydrogens is 250 g/mol. The van der Waals surface area contributed by atoms with E-state index in [-0.39, 0.29) is 6.04 Å². The Kier molecular flexibility index (Phi) is 3.49. The third-order valence-electron chi connectivity index (χ3n) is 2.61. The highest BCUT2D eigenvalue weighted by molar-refractivity contribution is 6.30. The maximum atomic E-state index is 9.04. The summed E-state index contributed by atoms with van der Waals surface area (Å²) in [5, 5.41) is 20.7. The van der Waals surface area contributed by atoms with Crippen molar-refractivity contribution in [3.8, 4) is 6.07 Å². The number of nitrogens with zero attached hydrogens (tertiary/aromatic N) is 4. The molecule has 0 bridgehead atoms. The summed E-state index contributed by atoms with van der Waals surface area (Å²) in [5.74, 6) is 0.791. The highest BCUT2D eigenvalue weighted by Crippen LogP contribution is 2.24. The second-order valence-corrected chi connectivity index (χ2v) is 4.40. The first-order valence-corrected chi connectivity index (χ1v) is 5.79. The Morgan fingerprint density at radius 1 is 1.50 bits per heavy atom. The lowest BCUT2D eigenvalue weighted by Crippen LogP contribution is -2.12. The second-order valence-electron chi connectivity index (χ2n) is 3.97. The van der Waals surface area contributed by atoms with Crippen LogP contribution in [-0.2, 0) is 7.05 Å². The van der Waals surface area contributed by atoms with Gasteiger partial charge in [0.2, 0.25) is 0 Å². The summed E-state index contributed by atoms with van der Waals surface area (Å²) in [7, 11) is 1.87. The standard InChI is InChI=1S/C12H12ClN5/c1-8(12-17-15-7-18(12)2)16-11-5-10(13)4-3-9(11)6-14/h3-5,7-8,16H,1-2H3. The molecule has 2 rings (SSSR count). The molecule has 5 nitrogen and oxygen atoms in total. The highest BCUT2D eigenvalue weighted by Gasteiger charge is 2.13. The number of nitrogens with one attached hydrogen (secondary N) is 1. The Hall–Kier alpha value is -2.06. The lowest BCUT2D eigenvalue weighted by molar-refractivity contribution is 0.719. The lowest BCUT2D eigenvalue weighted by Gasteiger charge is -2.15. The van der Waals surface area contributed by atoms with Crippen molar-refractivity contribution in [1.82, 2.24) is 14.8 Å². The maximum Gasteiger partial charge on any atom is 0.154 e. The van der Waals surface area contributed by atoms with Crippen LogP contribution < -0.4 is 5.32 Å². The Morgan fingerprint density at radius 2 is 2.28 bits per heavy atom. The molecule has 1 unspecified atom stereocenters. The van der Waals surface area contributed by atoms with Gasteiger partial charge in [0.05, 0.1) is 17.3 Å². The molecule has 1 heterocycles. The quantitative estimate of drug-likeness (QED) is 0.922. The summed E-state index contributed by atoms with van der Waals surface area (Å²) >= 11 is 5.93. The van der Waals surface area contributed by atoms with Crippen molar-refractivity contribution in [3.05, 3.63) is 40.9 Å². The summed E-state index contributed by atoms with van der Waals surface area (Å²) < 4.78 is 1.83. The molecule has 1 atom stereocenters. The van der Waals surface area contributed by atoms with E-state index < -0.39 is 0 Å². The SMILES string of the molecule is CC(Nc1cc(Cl)ccc1C#N)c1nncn1C. The van der Waals surface area contributed by atoms with Crippen molar-refractivity contribution in [2.24, 2.45) is 7.05 Å². The molecule has 0 aliphatic carbocycles. The Bertz CT molecular complexity index is 599. The Morgan fingerprint density at radius 3 is 2.89 bits per heavy atom. The molecule has 0 saturated carbocycles. The zero-order chi connectivity index (χ0) is 13.1. The summed E-state index contributed by atoms with van der Waals surface area (Å²) in [6.45, 7) is 1.95. The monoisotopic (exact) mass is 261 g/mol. The number of aryl methyl sites for hydroxylation is 1. The Balaban J connectivity index is 2.27. The van der Waals surface area contributed by atoms with Crippen LogP contribution in [0.4, 0.5) is 5.69 Å². The fraction of sp³-hybridized carbons (Fsp3) is 0.250. The van der Waals surface area contributed by atoms with Gasteiger partial charge >= 0.3 is 0 Å². The van der Waals surface area contributed by atoms with Crippen LogP contribution in [0.2, 0.25) is 5.02 Å². The van der Waals surface area contributed by atoms with E-state index in [1.807, 2.05) is 18.5 Å². The van der Waals surface area contributed by atoms with Crippen LogP contribution in [0.1, 0.15) is 24.4 Å². The number of halogens is 1. The first-order chi connectivity index (χ1) is 8.61. The van der Waals surface area contributed by atoms with Crippen LogP contribution in [0, 0.1) is 11.3 Å². The van der Waals surface area contributed by atoms with Gasteiger partial charge in [-0.1, -0.05) is 11.6 Å². The Labute approximate surface area is 110 Å². The fourth-order valence-corrected chi connectivity index (χ4v) is 1.89. The normalized spacial score (nSPS) is 11.9. The molecule has 0 spiro atoms. The summed E-state index contributed by atoms with van der Waals surface area (Å²) in [6, 6.07) is 7.17. The minimum atomic E-state index is -0.0666. The predicted molar refractivity (Wildman–Crippen MR) is 69.2 cm³/mol. The summed E-state index contributed by atoms with van der Waals surface area (Å²) in [5.41, 5.74) is 1.24. The molecule has 0 aliphatic heterocycles. The van der Waals surface area contributed by atoms with E-state index in [1.165, 1.54) is 0 Å². The number of rotatable bonds is 3. The van der Waals surface area contributed by atoms with Gasteiger partial charge in [0.1, 0.15) is 12.4 Å². The molecule has 1 aromatic heterocycles. The van der Waals surface area contributed by atoms with Gasteiger partial charge in [0.15, 0.2) is 5.82 Å². The van der Waals surface area contributed by atoms with E-state index in [0.717, 1.165) is 5.82 Å². The van der Waals surface area contributed by atoms with E-state index in [9.17, 15) is 0 Å². The first kappa shape index (κ1) is 12.4. The molecule has 0 aliphatic rings.